The summed E-state index contributed by atoms with van der Waals surface area (Å²) in [5.41, 5.74) is 2.43. The molecule has 6 heteroatoms. The smallest absolute Gasteiger partial charge is 0.261 e. The third-order valence-corrected chi connectivity index (χ3v) is 6.07. The van der Waals surface area contributed by atoms with Gasteiger partial charge in [-0.1, -0.05) is 6.92 Å². The molecule has 1 N–H and O–H groups in total. The van der Waals surface area contributed by atoms with Crippen molar-refractivity contribution in [1.82, 2.24) is 0 Å². The molecule has 1 aromatic heterocycles. The zero-order valence-electron chi connectivity index (χ0n) is 13.8. The molecule has 0 fully saturated rings. The zero-order valence-corrected chi connectivity index (χ0v) is 14.6. The normalized spacial score (nSPS) is 17.4. The average Bonchev–Trinajstić information content (AvgIpc) is 2.91. The van der Waals surface area contributed by atoms with E-state index in [1.165, 1.54) is 17.7 Å². The highest BCUT2D eigenvalue weighted by molar-refractivity contribution is 7.92. The van der Waals surface area contributed by atoms with Gasteiger partial charge in [-0.05, 0) is 61.2 Å². The van der Waals surface area contributed by atoms with Crippen molar-refractivity contribution in [2.24, 2.45) is 5.92 Å². The van der Waals surface area contributed by atoms with Crippen molar-refractivity contribution >= 4 is 26.7 Å². The van der Waals surface area contributed by atoms with Crippen LogP contribution in [0.3, 0.4) is 0 Å². The molecular formula is C19H18FNO3S. The van der Waals surface area contributed by atoms with E-state index in [2.05, 4.69) is 11.6 Å². The fourth-order valence-corrected chi connectivity index (χ4v) is 4.39. The van der Waals surface area contributed by atoms with Gasteiger partial charge < -0.3 is 4.42 Å². The van der Waals surface area contributed by atoms with Gasteiger partial charge in [-0.3, -0.25) is 4.72 Å². The van der Waals surface area contributed by atoms with Crippen molar-refractivity contribution in [3.63, 3.8) is 0 Å². The Morgan fingerprint density at radius 1 is 1.16 bits per heavy atom. The lowest BCUT2D eigenvalue weighted by Gasteiger charge is -2.16. The van der Waals surface area contributed by atoms with Crippen LogP contribution in [-0.2, 0) is 22.9 Å². The molecule has 0 saturated carbocycles. The van der Waals surface area contributed by atoms with Gasteiger partial charge in [0.05, 0.1) is 4.90 Å². The number of benzene rings is 2. The van der Waals surface area contributed by atoms with Crippen molar-refractivity contribution in [1.29, 1.82) is 0 Å². The lowest BCUT2D eigenvalue weighted by atomic mass is 9.88. The van der Waals surface area contributed by atoms with Crippen LogP contribution in [0.2, 0.25) is 0 Å². The summed E-state index contributed by atoms with van der Waals surface area (Å²) in [6, 6.07) is 10.0. The van der Waals surface area contributed by atoms with E-state index < -0.39 is 15.8 Å². The molecule has 25 heavy (non-hydrogen) atoms. The largest absolute Gasteiger partial charge is 0.461 e. The molecule has 0 bridgehead atoms. The van der Waals surface area contributed by atoms with E-state index in [1.54, 1.807) is 12.1 Å². The van der Waals surface area contributed by atoms with E-state index >= 15 is 0 Å². The minimum atomic E-state index is -3.76. The number of fused-ring (bicyclic) bond motifs is 3. The first-order chi connectivity index (χ1) is 11.9. The highest BCUT2D eigenvalue weighted by Crippen LogP contribution is 2.35. The van der Waals surface area contributed by atoms with Crippen LogP contribution in [0.15, 0.2) is 51.8 Å². The maximum Gasteiger partial charge on any atom is 0.261 e. The minimum absolute atomic E-state index is 0.0250. The van der Waals surface area contributed by atoms with Gasteiger partial charge in [0.1, 0.15) is 17.2 Å². The lowest BCUT2D eigenvalue weighted by Crippen LogP contribution is -2.13. The standard InChI is InChI=1S/C19H18FNO3S/c1-12-2-8-16-17-11-14(5-9-18(17)24-19(16)10-12)21-25(22,23)15-6-3-13(20)4-7-15/h3-7,9,11-12,21H,2,8,10H2,1H3. The molecule has 2 aromatic carbocycles. The summed E-state index contributed by atoms with van der Waals surface area (Å²) in [5, 5.41) is 0.959. The van der Waals surface area contributed by atoms with Crippen LogP contribution in [0.4, 0.5) is 10.1 Å². The van der Waals surface area contributed by atoms with Gasteiger partial charge in [-0.15, -0.1) is 0 Å². The Kier molecular flexibility index (Phi) is 3.80. The molecule has 0 amide bonds. The molecule has 3 aromatic rings. The maximum atomic E-state index is 13.0. The van der Waals surface area contributed by atoms with E-state index in [1.807, 2.05) is 6.07 Å². The topological polar surface area (TPSA) is 59.3 Å². The maximum absolute atomic E-state index is 13.0. The number of anilines is 1. The summed E-state index contributed by atoms with van der Waals surface area (Å²) in [7, 11) is -3.76. The highest BCUT2D eigenvalue weighted by Gasteiger charge is 2.22. The molecule has 1 aliphatic carbocycles. The van der Waals surface area contributed by atoms with Gasteiger partial charge in [0.2, 0.25) is 0 Å². The van der Waals surface area contributed by atoms with E-state index in [-0.39, 0.29) is 4.90 Å². The van der Waals surface area contributed by atoms with Crippen molar-refractivity contribution in [2.45, 2.75) is 31.1 Å². The van der Waals surface area contributed by atoms with Crippen molar-refractivity contribution in [3.05, 3.63) is 59.6 Å². The van der Waals surface area contributed by atoms with Crippen LogP contribution in [0.5, 0.6) is 0 Å². The molecule has 1 unspecified atom stereocenters. The van der Waals surface area contributed by atoms with E-state index in [4.69, 9.17) is 4.42 Å². The number of halogens is 1. The Morgan fingerprint density at radius 3 is 2.68 bits per heavy atom. The molecule has 1 aliphatic rings. The summed E-state index contributed by atoms with van der Waals surface area (Å²) in [6.07, 6.45) is 2.96. The van der Waals surface area contributed by atoms with Gasteiger partial charge in [0.15, 0.2) is 0 Å². The SMILES string of the molecule is CC1CCc2c(oc3ccc(NS(=O)(=O)c4ccc(F)cc4)cc23)C1. The number of rotatable bonds is 3. The zero-order chi connectivity index (χ0) is 17.6. The summed E-state index contributed by atoms with van der Waals surface area (Å²) < 4.78 is 46.4. The Labute approximate surface area is 145 Å². The third kappa shape index (κ3) is 3.02. The second kappa shape index (κ2) is 5.88. The van der Waals surface area contributed by atoms with Crippen LogP contribution in [0.1, 0.15) is 24.7 Å². The molecule has 0 saturated heterocycles. The number of nitrogens with one attached hydrogen (secondary N) is 1. The molecule has 130 valence electrons. The molecule has 1 heterocycles. The van der Waals surface area contributed by atoms with Crippen molar-refractivity contribution in [2.75, 3.05) is 4.72 Å². The number of hydrogen-bond donors (Lipinski definition) is 1. The van der Waals surface area contributed by atoms with Crippen molar-refractivity contribution < 1.29 is 17.2 Å². The summed E-state index contributed by atoms with van der Waals surface area (Å²) in [5.74, 6) is 1.14. The Hall–Kier alpha value is -2.34. The van der Waals surface area contributed by atoms with Gasteiger partial charge in [0.25, 0.3) is 10.0 Å². The molecular weight excluding hydrogens is 341 g/mol. The molecule has 0 spiro atoms. The number of sulfonamides is 1. The molecule has 4 nitrogen and oxygen atoms in total. The van der Waals surface area contributed by atoms with E-state index in [0.29, 0.717) is 11.6 Å². The van der Waals surface area contributed by atoms with Crippen LogP contribution < -0.4 is 4.72 Å². The van der Waals surface area contributed by atoms with Crippen molar-refractivity contribution in [3.8, 4) is 0 Å². The second-order valence-electron chi connectivity index (χ2n) is 6.62. The summed E-state index contributed by atoms with van der Waals surface area (Å²) >= 11 is 0. The van der Waals surface area contributed by atoms with Crippen LogP contribution in [-0.4, -0.2) is 8.42 Å². The van der Waals surface area contributed by atoms with Crippen LogP contribution in [0, 0.1) is 11.7 Å². The highest BCUT2D eigenvalue weighted by atomic mass is 32.2. The lowest BCUT2D eigenvalue weighted by molar-refractivity contribution is 0.426. The fraction of sp³-hybridized carbons (Fsp3) is 0.263. The average molecular weight is 359 g/mol. The Balaban J connectivity index is 1.69. The van der Waals surface area contributed by atoms with Gasteiger partial charge in [-0.2, -0.15) is 0 Å². The predicted octanol–water partition coefficient (Wildman–Crippen LogP) is 4.50. The number of aryl methyl sites for hydroxylation is 1. The Morgan fingerprint density at radius 2 is 1.92 bits per heavy atom. The molecule has 4 rings (SSSR count). The molecule has 0 aliphatic heterocycles. The van der Waals surface area contributed by atoms with Crippen LogP contribution >= 0.6 is 0 Å². The first-order valence-electron chi connectivity index (χ1n) is 8.25. The van der Waals surface area contributed by atoms with E-state index in [9.17, 15) is 12.8 Å². The fourth-order valence-electron chi connectivity index (χ4n) is 3.34. The van der Waals surface area contributed by atoms with Gasteiger partial charge in [-0.25, -0.2) is 12.8 Å². The third-order valence-electron chi connectivity index (χ3n) is 4.67. The predicted molar refractivity (Wildman–Crippen MR) is 94.6 cm³/mol. The first-order valence-corrected chi connectivity index (χ1v) is 9.73. The molecule has 0 radical (unpaired) electrons. The second-order valence-corrected chi connectivity index (χ2v) is 8.30. The quantitative estimate of drug-likeness (QED) is 0.749. The van der Waals surface area contributed by atoms with Gasteiger partial charge >= 0.3 is 0 Å². The van der Waals surface area contributed by atoms with Gasteiger partial charge in [0, 0.05) is 23.1 Å². The molecule has 1 atom stereocenters. The summed E-state index contributed by atoms with van der Waals surface area (Å²) in [4.78, 5) is 0.0250. The number of hydrogen-bond acceptors (Lipinski definition) is 3. The minimum Gasteiger partial charge on any atom is -0.461 e. The first kappa shape index (κ1) is 16.1. The monoisotopic (exact) mass is 359 g/mol. The number of furan rings is 1. The summed E-state index contributed by atoms with van der Waals surface area (Å²) in [6.45, 7) is 2.21. The van der Waals surface area contributed by atoms with Crippen LogP contribution in [0.25, 0.3) is 11.0 Å². The Bertz CT molecular complexity index is 1040. The van der Waals surface area contributed by atoms with E-state index in [0.717, 1.165) is 48.1 Å².